The molecule has 0 aliphatic carbocycles. The Balaban J connectivity index is 1.77. The first kappa shape index (κ1) is 23.4. The minimum absolute atomic E-state index is 0.166. The van der Waals surface area contributed by atoms with Crippen LogP contribution in [0.25, 0.3) is 16.9 Å². The van der Waals surface area contributed by atoms with Gasteiger partial charge in [-0.3, -0.25) is 9.36 Å². The van der Waals surface area contributed by atoms with Crippen molar-refractivity contribution in [2.45, 2.75) is 32.9 Å². The van der Waals surface area contributed by atoms with Gasteiger partial charge in [-0.2, -0.15) is 4.98 Å². The molecule has 0 aliphatic rings. The zero-order valence-electron chi connectivity index (χ0n) is 19.1. The van der Waals surface area contributed by atoms with E-state index in [4.69, 9.17) is 16.5 Å². The first-order valence-corrected chi connectivity index (χ1v) is 11.0. The Bertz CT molecular complexity index is 1350. The monoisotopic (exact) mass is 458 g/mol. The zero-order valence-corrected chi connectivity index (χ0v) is 19.1. The summed E-state index contributed by atoms with van der Waals surface area (Å²) in [6.07, 6.45) is 1.79. The molecule has 0 unspecified atom stereocenters. The van der Waals surface area contributed by atoms with Gasteiger partial charge in [0.15, 0.2) is 0 Å². The molecule has 9 nitrogen and oxygen atoms in total. The van der Waals surface area contributed by atoms with Gasteiger partial charge in [-0.1, -0.05) is 44.2 Å². The molecule has 0 fully saturated rings. The smallest absolute Gasteiger partial charge is 0.423 e. The number of anilines is 1. The first-order valence-electron chi connectivity index (χ1n) is 11.0. The number of fused-ring (bicyclic) bond motifs is 1. The van der Waals surface area contributed by atoms with Crippen molar-refractivity contribution in [3.05, 3.63) is 77.1 Å². The van der Waals surface area contributed by atoms with Gasteiger partial charge in [-0.25, -0.2) is 4.98 Å². The number of aromatic nitrogens is 3. The molecule has 4 rings (SSSR count). The van der Waals surface area contributed by atoms with Gasteiger partial charge >= 0.3 is 7.12 Å². The van der Waals surface area contributed by atoms with Crippen LogP contribution in [0.3, 0.4) is 0 Å². The molecule has 2 aromatic carbocycles. The Morgan fingerprint density at radius 3 is 2.62 bits per heavy atom. The van der Waals surface area contributed by atoms with Crippen LogP contribution in [0, 0.1) is 0 Å². The van der Waals surface area contributed by atoms with E-state index in [1.165, 1.54) is 0 Å². The molecule has 0 spiro atoms. The Hall–Kier alpha value is -3.73. The summed E-state index contributed by atoms with van der Waals surface area (Å²) in [5.74, 6) is 0.730. The highest BCUT2D eigenvalue weighted by Gasteiger charge is 2.18. The molecular weight excluding hydrogens is 431 g/mol. The van der Waals surface area contributed by atoms with Crippen molar-refractivity contribution in [3.63, 3.8) is 0 Å². The number of hydrogen-bond acceptors (Lipinski definition) is 7. The van der Waals surface area contributed by atoms with E-state index in [2.05, 4.69) is 24.1 Å². The molecule has 2 aromatic heterocycles. The van der Waals surface area contributed by atoms with E-state index < -0.39 is 13.0 Å². The lowest BCUT2D eigenvalue weighted by atomic mass is 9.79. The van der Waals surface area contributed by atoms with Crippen molar-refractivity contribution in [3.8, 4) is 5.95 Å². The number of carbonyl (C=O) groups is 1. The molecule has 0 saturated heterocycles. The van der Waals surface area contributed by atoms with Crippen LogP contribution >= 0.6 is 0 Å². The topological polar surface area (TPSA) is 152 Å². The Morgan fingerprint density at radius 1 is 1.18 bits per heavy atom. The van der Waals surface area contributed by atoms with Gasteiger partial charge in [-0.15, -0.1) is 0 Å². The van der Waals surface area contributed by atoms with Crippen molar-refractivity contribution in [1.29, 1.82) is 0 Å². The molecule has 34 heavy (non-hydrogen) atoms. The number of primary amides is 1. The van der Waals surface area contributed by atoms with E-state index in [-0.39, 0.29) is 12.5 Å². The quantitative estimate of drug-likeness (QED) is 0.250. The van der Waals surface area contributed by atoms with E-state index in [1.54, 1.807) is 36.5 Å². The minimum Gasteiger partial charge on any atom is -0.423 e. The van der Waals surface area contributed by atoms with E-state index in [9.17, 15) is 14.8 Å². The largest absolute Gasteiger partial charge is 0.488 e. The van der Waals surface area contributed by atoms with E-state index in [0.29, 0.717) is 34.7 Å². The van der Waals surface area contributed by atoms with Crippen molar-refractivity contribution >= 4 is 35.2 Å². The molecule has 174 valence electrons. The molecule has 0 bridgehead atoms. The fraction of sp³-hybridized carbons (Fsp3) is 0.208. The van der Waals surface area contributed by atoms with Gasteiger partial charge in [0, 0.05) is 41.5 Å². The normalized spacial score (nSPS) is 11.2. The standard InChI is InChI=1S/C24H27BN6O3/c1-14(2)20-13-29-24(30-23(20)28-12-15-5-3-6-16(9-15)25(33)34)31-17(11-26)10-19-18(22(27)32)7-4-8-21(19)31/h3-10,13-14,33-34H,11-12,26H2,1-2H3,(H2,27,32)(H,28,29,30). The van der Waals surface area contributed by atoms with E-state index in [1.807, 2.05) is 22.8 Å². The Kier molecular flexibility index (Phi) is 6.64. The number of carbonyl (C=O) groups excluding carboxylic acids is 1. The Labute approximate surface area is 197 Å². The third-order valence-corrected chi connectivity index (χ3v) is 5.73. The van der Waals surface area contributed by atoms with Crippen molar-refractivity contribution in [2.24, 2.45) is 11.5 Å². The fourth-order valence-corrected chi connectivity index (χ4v) is 3.99. The van der Waals surface area contributed by atoms with Gasteiger partial charge in [-0.05, 0) is 35.1 Å². The van der Waals surface area contributed by atoms with E-state index >= 15 is 0 Å². The summed E-state index contributed by atoms with van der Waals surface area (Å²) in [7, 11) is -1.53. The van der Waals surface area contributed by atoms with Crippen LogP contribution in [-0.2, 0) is 13.1 Å². The number of hydrogen-bond donors (Lipinski definition) is 5. The molecule has 10 heteroatoms. The van der Waals surface area contributed by atoms with Crippen LogP contribution < -0.4 is 22.2 Å². The molecule has 0 saturated carbocycles. The molecule has 4 aromatic rings. The van der Waals surface area contributed by atoms with Gasteiger partial charge in [0.1, 0.15) is 5.82 Å². The lowest BCUT2D eigenvalue weighted by molar-refractivity contribution is 0.100. The average molecular weight is 458 g/mol. The molecule has 7 N–H and O–H groups in total. The first-order chi connectivity index (χ1) is 16.3. The summed E-state index contributed by atoms with van der Waals surface area (Å²) in [5.41, 5.74) is 15.7. The highest BCUT2D eigenvalue weighted by molar-refractivity contribution is 6.58. The van der Waals surface area contributed by atoms with Crippen LogP contribution in [0.1, 0.15) is 46.9 Å². The molecule has 1 amide bonds. The summed E-state index contributed by atoms with van der Waals surface area (Å²) in [5, 5.41) is 23.0. The lowest BCUT2D eigenvalue weighted by Crippen LogP contribution is -2.30. The SMILES string of the molecule is CC(C)c1cnc(-n2c(CN)cc3c(C(N)=O)cccc32)nc1NCc1cccc(B(O)O)c1. The van der Waals surface area contributed by atoms with Gasteiger partial charge in [0.25, 0.3) is 0 Å². The highest BCUT2D eigenvalue weighted by atomic mass is 16.4. The van der Waals surface area contributed by atoms with Crippen molar-refractivity contribution < 1.29 is 14.8 Å². The maximum Gasteiger partial charge on any atom is 0.488 e. The number of nitrogens with zero attached hydrogens (tertiary/aromatic N) is 3. The third kappa shape index (κ3) is 4.51. The Morgan fingerprint density at radius 2 is 1.94 bits per heavy atom. The molecule has 0 aliphatic heterocycles. The van der Waals surface area contributed by atoms with Gasteiger partial charge < -0.3 is 26.8 Å². The van der Waals surface area contributed by atoms with Crippen LogP contribution in [0.4, 0.5) is 5.82 Å². The van der Waals surface area contributed by atoms with Crippen LogP contribution in [0.15, 0.2) is 54.7 Å². The number of benzene rings is 2. The van der Waals surface area contributed by atoms with E-state index in [0.717, 1.165) is 22.3 Å². The predicted molar refractivity (Wildman–Crippen MR) is 133 cm³/mol. The summed E-state index contributed by atoms with van der Waals surface area (Å²) >= 11 is 0. The zero-order chi connectivity index (χ0) is 24.4. The lowest BCUT2D eigenvalue weighted by Gasteiger charge is -2.16. The van der Waals surface area contributed by atoms with Crippen LogP contribution in [-0.4, -0.2) is 37.6 Å². The molecule has 2 heterocycles. The van der Waals surface area contributed by atoms with Gasteiger partial charge in [0.2, 0.25) is 11.9 Å². The highest BCUT2D eigenvalue weighted by Crippen LogP contribution is 2.28. The second-order valence-electron chi connectivity index (χ2n) is 8.38. The van der Waals surface area contributed by atoms with Crippen molar-refractivity contribution in [2.75, 3.05) is 5.32 Å². The van der Waals surface area contributed by atoms with Crippen LogP contribution in [0.5, 0.6) is 0 Å². The summed E-state index contributed by atoms with van der Waals surface area (Å²) < 4.78 is 1.83. The number of rotatable bonds is 8. The average Bonchev–Trinajstić information content (AvgIpc) is 3.21. The summed E-state index contributed by atoms with van der Waals surface area (Å²) in [4.78, 5) is 21.3. The molecular formula is C24H27BN6O3. The second-order valence-corrected chi connectivity index (χ2v) is 8.38. The number of nitrogens with two attached hydrogens (primary N) is 2. The summed E-state index contributed by atoms with van der Waals surface area (Å²) in [6, 6.07) is 14.2. The van der Waals surface area contributed by atoms with Crippen LogP contribution in [0.2, 0.25) is 0 Å². The third-order valence-electron chi connectivity index (χ3n) is 5.73. The maximum absolute atomic E-state index is 11.9. The second kappa shape index (κ2) is 9.64. The fourth-order valence-electron chi connectivity index (χ4n) is 3.99. The predicted octanol–water partition coefficient (Wildman–Crippen LogP) is 1.39. The molecule has 0 atom stereocenters. The minimum atomic E-state index is -1.53. The number of amides is 1. The number of nitrogens with one attached hydrogen (secondary N) is 1. The molecule has 0 radical (unpaired) electrons. The van der Waals surface area contributed by atoms with Gasteiger partial charge in [0.05, 0.1) is 5.52 Å². The maximum atomic E-state index is 11.9. The summed E-state index contributed by atoms with van der Waals surface area (Å²) in [6.45, 7) is 4.77. The van der Waals surface area contributed by atoms with Crippen molar-refractivity contribution in [1.82, 2.24) is 14.5 Å².